The molecule has 20 heavy (non-hydrogen) atoms. The van der Waals surface area contributed by atoms with E-state index in [9.17, 15) is 14.7 Å². The number of aliphatic carboxylic acids is 1. The van der Waals surface area contributed by atoms with Crippen molar-refractivity contribution in [3.8, 4) is 0 Å². The molecule has 0 saturated carbocycles. The lowest BCUT2D eigenvalue weighted by Gasteiger charge is -2.29. The molecule has 0 spiro atoms. The van der Waals surface area contributed by atoms with Gasteiger partial charge in [-0.2, -0.15) is 0 Å². The zero-order valence-corrected chi connectivity index (χ0v) is 12.0. The van der Waals surface area contributed by atoms with E-state index >= 15 is 0 Å². The van der Waals surface area contributed by atoms with Crippen molar-refractivity contribution >= 4 is 11.9 Å². The maximum Gasteiger partial charge on any atom is 0.310 e. The second kappa shape index (κ2) is 7.08. The van der Waals surface area contributed by atoms with Crippen molar-refractivity contribution in [3.63, 3.8) is 0 Å². The van der Waals surface area contributed by atoms with Gasteiger partial charge in [-0.05, 0) is 24.8 Å². The maximum absolute atomic E-state index is 12.3. The summed E-state index contributed by atoms with van der Waals surface area (Å²) in [6.07, 6.45) is 5.79. The number of ether oxygens (including phenoxy) is 1. The van der Waals surface area contributed by atoms with Crippen LogP contribution in [-0.2, 0) is 14.3 Å². The van der Waals surface area contributed by atoms with Crippen molar-refractivity contribution in [2.45, 2.75) is 32.8 Å². The van der Waals surface area contributed by atoms with Gasteiger partial charge in [0.05, 0.1) is 11.8 Å². The van der Waals surface area contributed by atoms with Gasteiger partial charge in [0.15, 0.2) is 0 Å². The Morgan fingerprint density at radius 2 is 2.20 bits per heavy atom. The van der Waals surface area contributed by atoms with Crippen LogP contribution in [0.1, 0.15) is 26.7 Å². The molecule has 1 aliphatic carbocycles. The van der Waals surface area contributed by atoms with Crippen LogP contribution in [0.5, 0.6) is 0 Å². The second-order valence-corrected chi connectivity index (χ2v) is 5.29. The van der Waals surface area contributed by atoms with Crippen LogP contribution >= 0.6 is 0 Å². The fraction of sp³-hybridized carbons (Fsp3) is 0.500. The Kier molecular flexibility index (Phi) is 5.74. The highest BCUT2D eigenvalue weighted by atomic mass is 16.5. The molecule has 1 aliphatic rings. The number of rotatable bonds is 6. The summed E-state index contributed by atoms with van der Waals surface area (Å²) in [5, 5.41) is 9.30. The Hall–Kier alpha value is -1.84. The smallest absolute Gasteiger partial charge is 0.310 e. The van der Waals surface area contributed by atoms with Gasteiger partial charge in [-0.3, -0.25) is 9.59 Å². The minimum absolute atomic E-state index is 0.179. The summed E-state index contributed by atoms with van der Waals surface area (Å²) in [5.74, 6) is -2.98. The zero-order valence-electron chi connectivity index (χ0n) is 12.0. The summed E-state index contributed by atoms with van der Waals surface area (Å²) in [6.45, 7) is 11.0. The first-order valence-electron chi connectivity index (χ1n) is 6.74. The molecule has 0 aromatic carbocycles. The SMILES string of the molecule is C=CCC(OC(=O)C1CC=CC(C)C1C(=O)O)C(=C)C. The van der Waals surface area contributed by atoms with Gasteiger partial charge in [0.1, 0.15) is 6.10 Å². The highest BCUT2D eigenvalue weighted by Gasteiger charge is 2.39. The predicted octanol–water partition coefficient (Wildman–Crippen LogP) is 2.96. The average molecular weight is 278 g/mol. The topological polar surface area (TPSA) is 63.6 Å². The molecule has 0 bridgehead atoms. The highest BCUT2D eigenvalue weighted by Crippen LogP contribution is 2.32. The third-order valence-corrected chi connectivity index (χ3v) is 3.61. The van der Waals surface area contributed by atoms with Crippen LogP contribution in [0.3, 0.4) is 0 Å². The lowest BCUT2D eigenvalue weighted by Crippen LogP contribution is -2.38. The van der Waals surface area contributed by atoms with Gasteiger partial charge >= 0.3 is 11.9 Å². The fourth-order valence-electron chi connectivity index (χ4n) is 2.44. The summed E-state index contributed by atoms with van der Waals surface area (Å²) >= 11 is 0. The average Bonchev–Trinajstić information content (AvgIpc) is 2.37. The zero-order chi connectivity index (χ0) is 15.3. The van der Waals surface area contributed by atoms with Crippen molar-refractivity contribution in [1.29, 1.82) is 0 Å². The molecule has 0 aromatic rings. The number of carbonyl (C=O) groups excluding carboxylic acids is 1. The largest absolute Gasteiger partial charge is 0.481 e. The Balaban J connectivity index is 2.83. The van der Waals surface area contributed by atoms with Gasteiger partial charge < -0.3 is 9.84 Å². The molecule has 4 unspecified atom stereocenters. The first-order chi connectivity index (χ1) is 9.38. The Labute approximate surface area is 119 Å². The van der Waals surface area contributed by atoms with E-state index in [0.717, 1.165) is 5.57 Å². The minimum Gasteiger partial charge on any atom is -0.481 e. The van der Waals surface area contributed by atoms with Crippen molar-refractivity contribution in [3.05, 3.63) is 37.0 Å². The van der Waals surface area contributed by atoms with Crippen molar-refractivity contribution in [2.24, 2.45) is 17.8 Å². The van der Waals surface area contributed by atoms with Gasteiger partial charge in [0.2, 0.25) is 0 Å². The molecular weight excluding hydrogens is 256 g/mol. The summed E-state index contributed by atoms with van der Waals surface area (Å²) in [4.78, 5) is 23.6. The van der Waals surface area contributed by atoms with Crippen molar-refractivity contribution < 1.29 is 19.4 Å². The van der Waals surface area contributed by atoms with Crippen LogP contribution in [0.25, 0.3) is 0 Å². The normalized spacial score (nSPS) is 26.6. The minimum atomic E-state index is -0.959. The summed E-state index contributed by atoms with van der Waals surface area (Å²) in [6, 6.07) is 0. The number of carboxylic acid groups (broad SMARTS) is 1. The monoisotopic (exact) mass is 278 g/mol. The molecule has 0 amide bonds. The summed E-state index contributed by atoms with van der Waals surface area (Å²) in [5.41, 5.74) is 0.726. The molecule has 0 heterocycles. The van der Waals surface area contributed by atoms with E-state index in [1.165, 1.54) is 0 Å². The van der Waals surface area contributed by atoms with E-state index in [-0.39, 0.29) is 5.92 Å². The second-order valence-electron chi connectivity index (χ2n) is 5.29. The molecule has 0 aliphatic heterocycles. The maximum atomic E-state index is 12.3. The van der Waals surface area contributed by atoms with Gasteiger partial charge in [0, 0.05) is 6.42 Å². The lowest BCUT2D eigenvalue weighted by molar-refractivity contribution is -0.162. The Morgan fingerprint density at radius 3 is 2.70 bits per heavy atom. The van der Waals surface area contributed by atoms with Crippen LogP contribution in [0.15, 0.2) is 37.0 Å². The fourth-order valence-corrected chi connectivity index (χ4v) is 2.44. The molecule has 110 valence electrons. The molecule has 0 radical (unpaired) electrons. The molecule has 4 heteroatoms. The number of carboxylic acids is 1. The number of hydrogen-bond donors (Lipinski definition) is 1. The van der Waals surface area contributed by atoms with Crippen LogP contribution < -0.4 is 0 Å². The van der Waals surface area contributed by atoms with E-state index in [0.29, 0.717) is 12.8 Å². The lowest BCUT2D eigenvalue weighted by atomic mass is 9.76. The number of esters is 1. The van der Waals surface area contributed by atoms with Crippen molar-refractivity contribution in [1.82, 2.24) is 0 Å². The van der Waals surface area contributed by atoms with E-state index in [4.69, 9.17) is 4.74 Å². The highest BCUT2D eigenvalue weighted by molar-refractivity contribution is 5.82. The number of allylic oxidation sites excluding steroid dienone is 2. The molecule has 1 N–H and O–H groups in total. The molecule has 0 fully saturated rings. The van der Waals surface area contributed by atoms with E-state index in [1.807, 2.05) is 12.2 Å². The number of carbonyl (C=O) groups is 2. The van der Waals surface area contributed by atoms with Gasteiger partial charge in [-0.15, -0.1) is 6.58 Å². The standard InChI is InChI=1S/C16H22O4/c1-5-7-13(10(2)3)20-16(19)12-9-6-8-11(4)14(12)15(17)18/h5-6,8,11-14H,1-2,7,9H2,3-4H3,(H,17,18). The summed E-state index contributed by atoms with van der Waals surface area (Å²) < 4.78 is 5.41. The molecular formula is C16H22O4. The Bertz CT molecular complexity index is 436. The molecule has 0 aromatic heterocycles. The van der Waals surface area contributed by atoms with E-state index in [1.54, 1.807) is 19.9 Å². The first-order valence-corrected chi connectivity index (χ1v) is 6.74. The number of hydrogen-bond acceptors (Lipinski definition) is 3. The van der Waals surface area contributed by atoms with Gasteiger partial charge in [-0.1, -0.05) is 31.7 Å². The van der Waals surface area contributed by atoms with Crippen LogP contribution in [0.4, 0.5) is 0 Å². The van der Waals surface area contributed by atoms with Crippen LogP contribution in [-0.4, -0.2) is 23.1 Å². The quantitative estimate of drug-likeness (QED) is 0.599. The first kappa shape index (κ1) is 16.2. The molecule has 4 atom stereocenters. The third kappa shape index (κ3) is 3.83. The van der Waals surface area contributed by atoms with Crippen LogP contribution in [0.2, 0.25) is 0 Å². The predicted molar refractivity (Wildman–Crippen MR) is 77.0 cm³/mol. The molecule has 1 rings (SSSR count). The molecule has 4 nitrogen and oxygen atoms in total. The van der Waals surface area contributed by atoms with Gasteiger partial charge in [0.25, 0.3) is 0 Å². The van der Waals surface area contributed by atoms with Gasteiger partial charge in [-0.25, -0.2) is 0 Å². The Morgan fingerprint density at radius 1 is 1.55 bits per heavy atom. The van der Waals surface area contributed by atoms with Crippen molar-refractivity contribution in [2.75, 3.05) is 0 Å². The summed E-state index contributed by atoms with van der Waals surface area (Å²) in [7, 11) is 0. The molecule has 0 saturated heterocycles. The third-order valence-electron chi connectivity index (χ3n) is 3.61. The van der Waals surface area contributed by atoms with E-state index < -0.39 is 29.9 Å². The van der Waals surface area contributed by atoms with Crippen LogP contribution in [0, 0.1) is 17.8 Å². The van der Waals surface area contributed by atoms with E-state index in [2.05, 4.69) is 13.2 Å².